The van der Waals surface area contributed by atoms with Crippen molar-refractivity contribution in [2.24, 2.45) is 0 Å². The van der Waals surface area contributed by atoms with E-state index >= 15 is 0 Å². The third-order valence-corrected chi connectivity index (χ3v) is 5.01. The molecule has 0 atom stereocenters. The van der Waals surface area contributed by atoms with E-state index in [4.69, 9.17) is 9.26 Å². The highest BCUT2D eigenvalue weighted by atomic mass is 32.1. The van der Waals surface area contributed by atoms with E-state index < -0.39 is 0 Å². The first-order chi connectivity index (χ1) is 13.3. The van der Waals surface area contributed by atoms with Gasteiger partial charge in [-0.2, -0.15) is 0 Å². The van der Waals surface area contributed by atoms with Crippen LogP contribution in [0.4, 0.5) is 5.13 Å². The van der Waals surface area contributed by atoms with Crippen LogP contribution in [0, 0.1) is 0 Å². The standard InChI is InChI=1S/C19H16N4O3S/c1-25-10-9-23(19-21-14-6-2-3-7-17(14)27-19)18(24)15-11-16(26-22-15)13-5-4-8-20-12-13/h2-8,11-12H,9-10H2,1H3. The molecule has 1 amide bonds. The molecule has 0 fully saturated rings. The molecule has 27 heavy (non-hydrogen) atoms. The van der Waals surface area contributed by atoms with Gasteiger partial charge in [-0.1, -0.05) is 28.6 Å². The summed E-state index contributed by atoms with van der Waals surface area (Å²) < 4.78 is 11.5. The molecule has 3 heterocycles. The fraction of sp³-hybridized carbons (Fsp3) is 0.158. The monoisotopic (exact) mass is 380 g/mol. The molecule has 136 valence electrons. The first-order valence-corrected chi connectivity index (χ1v) is 9.11. The van der Waals surface area contributed by atoms with Crippen molar-refractivity contribution in [2.75, 3.05) is 25.2 Å². The van der Waals surface area contributed by atoms with E-state index in [1.54, 1.807) is 36.5 Å². The Morgan fingerprint density at radius 1 is 1.26 bits per heavy atom. The number of nitrogens with zero attached hydrogens (tertiary/aromatic N) is 4. The van der Waals surface area contributed by atoms with Crippen molar-refractivity contribution >= 4 is 32.6 Å². The highest BCUT2D eigenvalue weighted by Gasteiger charge is 2.24. The highest BCUT2D eigenvalue weighted by molar-refractivity contribution is 7.22. The number of ether oxygens (including phenoxy) is 1. The molecule has 0 saturated heterocycles. The molecule has 3 aromatic heterocycles. The molecule has 0 unspecified atom stereocenters. The fourth-order valence-corrected chi connectivity index (χ4v) is 3.59. The molecule has 1 aromatic carbocycles. The molecule has 0 aliphatic carbocycles. The lowest BCUT2D eigenvalue weighted by Crippen LogP contribution is -2.34. The molecule has 8 heteroatoms. The van der Waals surface area contributed by atoms with Gasteiger partial charge in [0.25, 0.3) is 5.91 Å². The van der Waals surface area contributed by atoms with Crippen LogP contribution in [0.2, 0.25) is 0 Å². The number of amides is 1. The normalized spacial score (nSPS) is 11.0. The van der Waals surface area contributed by atoms with Crippen LogP contribution in [-0.4, -0.2) is 41.3 Å². The van der Waals surface area contributed by atoms with E-state index in [1.807, 2.05) is 30.3 Å². The Morgan fingerprint density at radius 3 is 2.93 bits per heavy atom. The Bertz CT molecular complexity index is 1030. The number of fused-ring (bicyclic) bond motifs is 1. The summed E-state index contributed by atoms with van der Waals surface area (Å²) in [7, 11) is 1.59. The summed E-state index contributed by atoms with van der Waals surface area (Å²) >= 11 is 1.45. The molecule has 0 radical (unpaired) electrons. The SMILES string of the molecule is COCCN(C(=O)c1cc(-c2cccnc2)on1)c1nc2ccccc2s1. The van der Waals surface area contributed by atoms with E-state index in [0.29, 0.717) is 24.0 Å². The Kier molecular flexibility index (Phi) is 4.91. The van der Waals surface area contributed by atoms with Gasteiger partial charge < -0.3 is 9.26 Å². The smallest absolute Gasteiger partial charge is 0.282 e. The molecule has 0 saturated carbocycles. The summed E-state index contributed by atoms with van der Waals surface area (Å²) in [5.41, 5.74) is 1.82. The molecular weight excluding hydrogens is 364 g/mol. The number of para-hydroxylation sites is 1. The van der Waals surface area contributed by atoms with Crippen molar-refractivity contribution in [3.8, 4) is 11.3 Å². The second kappa shape index (κ2) is 7.65. The van der Waals surface area contributed by atoms with Crippen LogP contribution in [0.3, 0.4) is 0 Å². The summed E-state index contributed by atoms with van der Waals surface area (Å²) in [6.45, 7) is 0.749. The largest absolute Gasteiger partial charge is 0.383 e. The third kappa shape index (κ3) is 3.57. The molecule has 0 aliphatic rings. The van der Waals surface area contributed by atoms with Gasteiger partial charge in [-0.05, 0) is 24.3 Å². The van der Waals surface area contributed by atoms with E-state index in [1.165, 1.54) is 11.3 Å². The average molecular weight is 380 g/mol. The van der Waals surface area contributed by atoms with Gasteiger partial charge in [-0.25, -0.2) is 4.98 Å². The van der Waals surface area contributed by atoms with E-state index in [2.05, 4.69) is 15.1 Å². The summed E-state index contributed by atoms with van der Waals surface area (Å²) in [4.78, 5) is 23.3. The molecule has 0 spiro atoms. The second-order valence-electron chi connectivity index (χ2n) is 5.73. The summed E-state index contributed by atoms with van der Waals surface area (Å²) in [6.07, 6.45) is 3.33. The molecular formula is C19H16N4O3S. The van der Waals surface area contributed by atoms with Crippen molar-refractivity contribution in [3.63, 3.8) is 0 Å². The quantitative estimate of drug-likeness (QED) is 0.508. The Hall–Kier alpha value is -3.10. The van der Waals surface area contributed by atoms with Gasteiger partial charge in [0.2, 0.25) is 0 Å². The van der Waals surface area contributed by atoms with Crippen LogP contribution in [0.1, 0.15) is 10.5 Å². The van der Waals surface area contributed by atoms with Crippen molar-refractivity contribution in [2.45, 2.75) is 0 Å². The number of thiazole rings is 1. The van der Waals surface area contributed by atoms with Crippen LogP contribution >= 0.6 is 11.3 Å². The van der Waals surface area contributed by atoms with Gasteiger partial charge in [-0.15, -0.1) is 0 Å². The maximum Gasteiger partial charge on any atom is 0.282 e. The zero-order valence-corrected chi connectivity index (χ0v) is 15.3. The molecule has 0 N–H and O–H groups in total. The van der Waals surface area contributed by atoms with E-state index in [9.17, 15) is 4.79 Å². The Balaban J connectivity index is 1.66. The molecule has 0 bridgehead atoms. The summed E-state index contributed by atoms with van der Waals surface area (Å²) in [5, 5.41) is 4.54. The number of carbonyl (C=O) groups excluding carboxylic acids is 1. The number of aromatic nitrogens is 3. The lowest BCUT2D eigenvalue weighted by atomic mass is 10.2. The van der Waals surface area contributed by atoms with Crippen LogP contribution in [0.25, 0.3) is 21.5 Å². The first-order valence-electron chi connectivity index (χ1n) is 8.30. The van der Waals surface area contributed by atoms with Gasteiger partial charge in [0.1, 0.15) is 0 Å². The van der Waals surface area contributed by atoms with Gasteiger partial charge in [-0.3, -0.25) is 14.7 Å². The van der Waals surface area contributed by atoms with Crippen molar-refractivity contribution < 1.29 is 14.1 Å². The lowest BCUT2D eigenvalue weighted by molar-refractivity contribution is 0.0967. The zero-order chi connectivity index (χ0) is 18.6. The number of rotatable bonds is 6. The molecule has 0 aliphatic heterocycles. The Morgan fingerprint density at radius 2 is 2.15 bits per heavy atom. The van der Waals surface area contributed by atoms with Crippen molar-refractivity contribution in [1.82, 2.24) is 15.1 Å². The first kappa shape index (κ1) is 17.3. The number of hydrogen-bond acceptors (Lipinski definition) is 7. The maximum absolute atomic E-state index is 13.1. The number of pyridine rings is 1. The molecule has 4 rings (SSSR count). The predicted octanol–water partition coefficient (Wildman–Crippen LogP) is 3.64. The van der Waals surface area contributed by atoms with Crippen LogP contribution in [0.15, 0.2) is 59.4 Å². The number of methoxy groups -OCH3 is 1. The number of benzene rings is 1. The zero-order valence-electron chi connectivity index (χ0n) is 14.5. The number of carbonyl (C=O) groups is 1. The molecule has 7 nitrogen and oxygen atoms in total. The predicted molar refractivity (Wildman–Crippen MR) is 103 cm³/mol. The highest BCUT2D eigenvalue weighted by Crippen LogP contribution is 2.30. The van der Waals surface area contributed by atoms with Crippen LogP contribution in [-0.2, 0) is 4.74 Å². The van der Waals surface area contributed by atoms with E-state index in [0.717, 1.165) is 15.8 Å². The van der Waals surface area contributed by atoms with Gasteiger partial charge >= 0.3 is 0 Å². The summed E-state index contributed by atoms with van der Waals surface area (Å²) in [6, 6.07) is 13.0. The summed E-state index contributed by atoms with van der Waals surface area (Å²) in [5.74, 6) is 0.201. The average Bonchev–Trinajstić information content (AvgIpc) is 3.36. The van der Waals surface area contributed by atoms with Gasteiger partial charge in [0, 0.05) is 31.1 Å². The van der Waals surface area contributed by atoms with Crippen molar-refractivity contribution in [3.05, 3.63) is 60.6 Å². The molecule has 4 aromatic rings. The minimum Gasteiger partial charge on any atom is -0.383 e. The van der Waals surface area contributed by atoms with Crippen molar-refractivity contribution in [1.29, 1.82) is 0 Å². The van der Waals surface area contributed by atoms with Crippen LogP contribution in [0.5, 0.6) is 0 Å². The minimum absolute atomic E-state index is 0.212. The second-order valence-corrected chi connectivity index (χ2v) is 6.74. The number of hydrogen-bond donors (Lipinski definition) is 0. The topological polar surface area (TPSA) is 81.4 Å². The van der Waals surface area contributed by atoms with Gasteiger partial charge in [0.15, 0.2) is 16.6 Å². The van der Waals surface area contributed by atoms with Crippen LogP contribution < -0.4 is 4.90 Å². The maximum atomic E-state index is 13.1. The lowest BCUT2D eigenvalue weighted by Gasteiger charge is -2.17. The fourth-order valence-electron chi connectivity index (χ4n) is 2.60. The van der Waals surface area contributed by atoms with E-state index in [-0.39, 0.29) is 11.6 Å². The number of anilines is 1. The minimum atomic E-state index is -0.287. The Labute approximate surface area is 159 Å². The third-order valence-electron chi connectivity index (χ3n) is 3.95. The van der Waals surface area contributed by atoms with Gasteiger partial charge in [0.05, 0.1) is 23.4 Å².